The van der Waals surface area contributed by atoms with Gasteiger partial charge in [0, 0.05) is 56.9 Å². The van der Waals surface area contributed by atoms with E-state index in [1.54, 1.807) is 13.2 Å². The molecular formula is C30H42FN3O3. The van der Waals surface area contributed by atoms with Crippen LogP contribution >= 0.6 is 0 Å². The van der Waals surface area contributed by atoms with Gasteiger partial charge in [0.05, 0.1) is 5.60 Å². The Morgan fingerprint density at radius 2 is 2.00 bits per heavy atom. The second kappa shape index (κ2) is 11.5. The summed E-state index contributed by atoms with van der Waals surface area (Å²) >= 11 is 0. The minimum Gasteiger partial charge on any atom is -0.385 e. The summed E-state index contributed by atoms with van der Waals surface area (Å²) in [5.41, 5.74) is 7.47. The number of amides is 2. The Balaban J connectivity index is 1.68. The number of likely N-dealkylation sites (tertiary alicyclic amines) is 2. The van der Waals surface area contributed by atoms with Crippen LogP contribution in [0.4, 0.5) is 9.18 Å². The number of unbranched alkanes of at least 4 members (excludes halogenated alkanes) is 1. The largest absolute Gasteiger partial charge is 0.385 e. The molecule has 2 aromatic carbocycles. The quantitative estimate of drug-likeness (QED) is 0.486. The molecule has 0 bridgehead atoms. The molecule has 4 rings (SSSR count). The van der Waals surface area contributed by atoms with Crippen molar-refractivity contribution < 1.29 is 19.0 Å². The highest BCUT2D eigenvalue weighted by molar-refractivity contribution is 5.75. The Kier molecular flexibility index (Phi) is 8.56. The van der Waals surface area contributed by atoms with Gasteiger partial charge < -0.3 is 25.4 Å². The fraction of sp³-hybridized carbons (Fsp3) is 0.567. The Labute approximate surface area is 220 Å². The maximum absolute atomic E-state index is 15.5. The van der Waals surface area contributed by atoms with E-state index in [-0.39, 0.29) is 23.3 Å². The highest BCUT2D eigenvalue weighted by Gasteiger charge is 2.44. The van der Waals surface area contributed by atoms with Crippen molar-refractivity contribution in [3.8, 4) is 11.1 Å². The van der Waals surface area contributed by atoms with Crippen LogP contribution in [0.15, 0.2) is 42.5 Å². The average Bonchev–Trinajstić information content (AvgIpc) is 3.25. The number of benzene rings is 2. The Morgan fingerprint density at radius 1 is 1.22 bits per heavy atom. The molecule has 0 radical (unpaired) electrons. The van der Waals surface area contributed by atoms with Crippen molar-refractivity contribution in [2.75, 3.05) is 39.9 Å². The van der Waals surface area contributed by atoms with Crippen LogP contribution in [0.2, 0.25) is 0 Å². The van der Waals surface area contributed by atoms with E-state index in [1.165, 1.54) is 6.07 Å². The lowest BCUT2D eigenvalue weighted by atomic mass is 9.72. The molecule has 7 heteroatoms. The van der Waals surface area contributed by atoms with E-state index < -0.39 is 5.60 Å². The molecule has 0 spiro atoms. The number of hydrogen-bond acceptors (Lipinski definition) is 4. The van der Waals surface area contributed by atoms with Crippen LogP contribution < -0.4 is 5.73 Å². The molecule has 202 valence electrons. The van der Waals surface area contributed by atoms with Gasteiger partial charge in [0.2, 0.25) is 0 Å². The van der Waals surface area contributed by atoms with Gasteiger partial charge in [-0.15, -0.1) is 0 Å². The van der Waals surface area contributed by atoms with Gasteiger partial charge in [-0.05, 0) is 69.6 Å². The van der Waals surface area contributed by atoms with Gasteiger partial charge in [0.15, 0.2) is 0 Å². The van der Waals surface area contributed by atoms with Gasteiger partial charge in [0.1, 0.15) is 5.82 Å². The fourth-order valence-corrected chi connectivity index (χ4v) is 6.07. The van der Waals surface area contributed by atoms with E-state index in [4.69, 9.17) is 10.5 Å². The maximum Gasteiger partial charge on any atom is 0.320 e. The lowest BCUT2D eigenvalue weighted by Gasteiger charge is -2.44. The number of halogens is 1. The third-order valence-electron chi connectivity index (χ3n) is 8.09. The van der Waals surface area contributed by atoms with Crippen molar-refractivity contribution in [3.05, 3.63) is 59.4 Å². The summed E-state index contributed by atoms with van der Waals surface area (Å²) < 4.78 is 20.7. The van der Waals surface area contributed by atoms with Gasteiger partial charge >= 0.3 is 6.03 Å². The van der Waals surface area contributed by atoms with E-state index in [2.05, 4.69) is 0 Å². The molecule has 37 heavy (non-hydrogen) atoms. The first-order valence-corrected chi connectivity index (χ1v) is 13.5. The maximum atomic E-state index is 15.5. The summed E-state index contributed by atoms with van der Waals surface area (Å²) in [5.74, 6) is -0.563. The van der Waals surface area contributed by atoms with Crippen molar-refractivity contribution in [1.29, 1.82) is 0 Å². The molecule has 3 atom stereocenters. The molecule has 0 aliphatic carbocycles. The third-order valence-corrected chi connectivity index (χ3v) is 8.09. The molecule has 0 saturated carbocycles. The van der Waals surface area contributed by atoms with E-state index in [0.29, 0.717) is 50.3 Å². The van der Waals surface area contributed by atoms with E-state index in [1.807, 2.05) is 54.0 Å². The first kappa shape index (κ1) is 27.6. The number of ether oxygens (including phenoxy) is 1. The SMILES string of the molecule is COCCCCC(O)(c1cccc(F)c1-c1cccc(C)c1)C1CCCN(C(=O)N2CCC(C)(N)C2)C1. The van der Waals surface area contributed by atoms with Gasteiger partial charge in [0.25, 0.3) is 0 Å². The molecule has 2 aromatic rings. The standard InChI is InChI=1S/C30H42FN3O3/c1-22-9-6-10-23(19-22)27-25(12-7-13-26(27)31)30(36,14-4-5-18-37-3)24-11-8-16-33(20-24)28(35)34-17-15-29(2,32)21-34/h6-7,9-10,12-13,19,24,36H,4-5,8,11,14-18,20-21,32H2,1-3H3. The molecule has 2 fully saturated rings. The van der Waals surface area contributed by atoms with Crippen LogP contribution in [-0.2, 0) is 10.3 Å². The highest BCUT2D eigenvalue weighted by atomic mass is 19.1. The predicted octanol–water partition coefficient (Wildman–Crippen LogP) is 5.06. The molecule has 2 amide bonds. The molecule has 3 N–H and O–H groups in total. The summed E-state index contributed by atoms with van der Waals surface area (Å²) in [6.07, 6.45) is 4.34. The number of nitrogens with zero attached hydrogens (tertiary/aromatic N) is 2. The van der Waals surface area contributed by atoms with Crippen molar-refractivity contribution in [1.82, 2.24) is 9.80 Å². The number of aliphatic hydroxyl groups is 1. The monoisotopic (exact) mass is 511 g/mol. The molecule has 3 unspecified atom stereocenters. The van der Waals surface area contributed by atoms with E-state index >= 15 is 4.39 Å². The highest BCUT2D eigenvalue weighted by Crippen LogP contribution is 2.44. The number of carbonyl (C=O) groups is 1. The molecule has 2 aliphatic rings. The first-order chi connectivity index (χ1) is 17.6. The zero-order chi connectivity index (χ0) is 26.6. The minimum absolute atomic E-state index is 0.0150. The first-order valence-electron chi connectivity index (χ1n) is 13.5. The van der Waals surface area contributed by atoms with Crippen LogP contribution in [0.1, 0.15) is 56.6 Å². The van der Waals surface area contributed by atoms with E-state index in [9.17, 15) is 9.90 Å². The van der Waals surface area contributed by atoms with E-state index in [0.717, 1.165) is 43.2 Å². The van der Waals surface area contributed by atoms with Crippen LogP contribution in [0, 0.1) is 18.7 Å². The molecule has 0 aromatic heterocycles. The zero-order valence-corrected chi connectivity index (χ0v) is 22.5. The number of aryl methyl sites for hydroxylation is 1. The second-order valence-electron chi connectivity index (χ2n) is 11.3. The van der Waals surface area contributed by atoms with Crippen molar-refractivity contribution in [3.63, 3.8) is 0 Å². The third kappa shape index (κ3) is 6.16. The van der Waals surface area contributed by atoms with Crippen LogP contribution in [0.25, 0.3) is 11.1 Å². The lowest BCUT2D eigenvalue weighted by molar-refractivity contribution is -0.0573. The molecule has 2 heterocycles. The minimum atomic E-state index is -1.29. The summed E-state index contributed by atoms with van der Waals surface area (Å²) in [4.78, 5) is 17.1. The topological polar surface area (TPSA) is 79.0 Å². The van der Waals surface area contributed by atoms with Crippen LogP contribution in [-0.4, -0.2) is 66.4 Å². The normalized spacial score (nSPS) is 23.8. The second-order valence-corrected chi connectivity index (χ2v) is 11.3. The van der Waals surface area contributed by atoms with Gasteiger partial charge in [-0.3, -0.25) is 0 Å². The number of piperidine rings is 1. The zero-order valence-electron chi connectivity index (χ0n) is 22.5. The number of nitrogens with two attached hydrogens (primary N) is 1. The Bertz CT molecular complexity index is 1090. The molecule has 2 saturated heterocycles. The summed E-state index contributed by atoms with van der Waals surface area (Å²) in [7, 11) is 1.67. The molecular weight excluding hydrogens is 469 g/mol. The Hall–Kier alpha value is -2.48. The number of rotatable bonds is 8. The summed E-state index contributed by atoms with van der Waals surface area (Å²) in [5, 5.41) is 12.5. The van der Waals surface area contributed by atoms with Crippen molar-refractivity contribution >= 4 is 6.03 Å². The predicted molar refractivity (Wildman–Crippen MR) is 145 cm³/mol. The van der Waals surface area contributed by atoms with Gasteiger partial charge in [-0.25, -0.2) is 9.18 Å². The van der Waals surface area contributed by atoms with Gasteiger partial charge in [-0.2, -0.15) is 0 Å². The number of urea groups is 1. The Morgan fingerprint density at radius 3 is 2.70 bits per heavy atom. The van der Waals surface area contributed by atoms with Gasteiger partial charge in [-0.1, -0.05) is 42.0 Å². The molecule has 2 aliphatic heterocycles. The number of methoxy groups -OCH3 is 1. The smallest absolute Gasteiger partial charge is 0.320 e. The van der Waals surface area contributed by atoms with Crippen LogP contribution in [0.5, 0.6) is 0 Å². The summed E-state index contributed by atoms with van der Waals surface area (Å²) in [6.45, 7) is 6.84. The van der Waals surface area contributed by atoms with Crippen molar-refractivity contribution in [2.24, 2.45) is 11.7 Å². The lowest BCUT2D eigenvalue weighted by Crippen LogP contribution is -2.52. The summed E-state index contributed by atoms with van der Waals surface area (Å²) in [6, 6.07) is 12.7. The van der Waals surface area contributed by atoms with Crippen LogP contribution in [0.3, 0.4) is 0 Å². The number of hydrogen-bond donors (Lipinski definition) is 2. The molecule has 6 nitrogen and oxygen atoms in total. The van der Waals surface area contributed by atoms with Crippen molar-refractivity contribution in [2.45, 2.75) is 63.5 Å². The average molecular weight is 512 g/mol. The number of carbonyl (C=O) groups excluding carboxylic acids is 1. The fourth-order valence-electron chi connectivity index (χ4n) is 6.07.